The van der Waals surface area contributed by atoms with Crippen molar-refractivity contribution < 1.29 is 9.90 Å². The van der Waals surface area contributed by atoms with E-state index >= 15 is 0 Å². The Hall–Kier alpha value is -4.02. The summed E-state index contributed by atoms with van der Waals surface area (Å²) in [5, 5.41) is 16.5. The van der Waals surface area contributed by atoms with Crippen molar-refractivity contribution >= 4 is 16.7 Å². The number of nitrogens with zero attached hydrogens (tertiary/aromatic N) is 1. The van der Waals surface area contributed by atoms with Crippen molar-refractivity contribution in [3.05, 3.63) is 126 Å². The van der Waals surface area contributed by atoms with Crippen LogP contribution in [0.2, 0.25) is 0 Å². The van der Waals surface area contributed by atoms with Gasteiger partial charge in [-0.3, -0.25) is 9.78 Å². The molecule has 0 saturated carbocycles. The van der Waals surface area contributed by atoms with Crippen molar-refractivity contribution in [1.82, 2.24) is 10.3 Å². The number of fused-ring (bicyclic) bond motifs is 1. The largest absolute Gasteiger partial charge is 0.393 e. The fraction of sp³-hybridized carbons (Fsp3) is 0.278. The second-order valence-electron chi connectivity index (χ2n) is 11.2. The van der Waals surface area contributed by atoms with E-state index in [9.17, 15) is 9.90 Å². The SMILES string of the molecule is C=C\C=C/C(=C(\C)C=C)C(/C(=O)NC(C)(C)C)=C(\C)CCC(O)Cc1ccccc1-c1nccc2ccccc12. The number of nitrogens with one attached hydrogen (secondary N) is 1. The standard InChI is InChI=1S/C36H42N2O2/c1-8-10-17-30(25(3)9-2)33(35(40)38-36(5,6)7)26(4)20-21-29(39)24-28-16-12-14-19-32(28)34-31-18-13-11-15-27(31)22-23-37-34/h8-19,22-23,29,39H,1-2,20-21,24H2,3-7H3,(H,38,40)/b17-10-,30-25-,33-26-. The minimum Gasteiger partial charge on any atom is -0.393 e. The van der Waals surface area contributed by atoms with Crippen LogP contribution in [0.25, 0.3) is 22.0 Å². The van der Waals surface area contributed by atoms with Crippen LogP contribution in [0, 0.1) is 0 Å². The predicted molar refractivity (Wildman–Crippen MR) is 169 cm³/mol. The molecule has 0 aliphatic rings. The molecule has 3 aromatic rings. The zero-order chi connectivity index (χ0) is 29.3. The van der Waals surface area contributed by atoms with Gasteiger partial charge < -0.3 is 10.4 Å². The third-order valence-corrected chi connectivity index (χ3v) is 6.80. The van der Waals surface area contributed by atoms with E-state index in [1.54, 1.807) is 12.2 Å². The first-order chi connectivity index (χ1) is 19.1. The van der Waals surface area contributed by atoms with Crippen LogP contribution in [-0.4, -0.2) is 27.6 Å². The molecule has 4 nitrogen and oxygen atoms in total. The number of benzene rings is 2. The average Bonchev–Trinajstić information content (AvgIpc) is 2.92. The van der Waals surface area contributed by atoms with Crippen LogP contribution >= 0.6 is 0 Å². The van der Waals surface area contributed by atoms with Gasteiger partial charge in [-0.1, -0.05) is 91.6 Å². The van der Waals surface area contributed by atoms with Crippen LogP contribution in [0.3, 0.4) is 0 Å². The summed E-state index contributed by atoms with van der Waals surface area (Å²) in [5.74, 6) is -0.142. The second-order valence-corrected chi connectivity index (χ2v) is 11.2. The van der Waals surface area contributed by atoms with E-state index in [1.165, 1.54) is 0 Å². The van der Waals surface area contributed by atoms with Crippen LogP contribution in [0.1, 0.15) is 53.0 Å². The molecule has 2 aromatic carbocycles. The minimum atomic E-state index is -0.588. The molecule has 1 amide bonds. The Kier molecular flexibility index (Phi) is 10.6. The van der Waals surface area contributed by atoms with Gasteiger partial charge in [0.2, 0.25) is 0 Å². The zero-order valence-corrected chi connectivity index (χ0v) is 24.5. The average molecular weight is 535 g/mol. The molecule has 0 fully saturated rings. The van der Waals surface area contributed by atoms with Crippen molar-refractivity contribution in [2.24, 2.45) is 0 Å². The molecule has 1 aromatic heterocycles. The summed E-state index contributed by atoms with van der Waals surface area (Å²) in [6.07, 6.45) is 9.99. The summed E-state index contributed by atoms with van der Waals surface area (Å²) in [7, 11) is 0. The molecule has 2 N–H and O–H groups in total. The monoisotopic (exact) mass is 534 g/mol. The summed E-state index contributed by atoms with van der Waals surface area (Å²) in [6.45, 7) is 17.5. The second kappa shape index (κ2) is 13.9. The highest BCUT2D eigenvalue weighted by Crippen LogP contribution is 2.31. The van der Waals surface area contributed by atoms with Crippen LogP contribution in [-0.2, 0) is 11.2 Å². The molecule has 1 atom stereocenters. The lowest BCUT2D eigenvalue weighted by Gasteiger charge is -2.24. The first-order valence-corrected chi connectivity index (χ1v) is 13.8. The van der Waals surface area contributed by atoms with Gasteiger partial charge in [-0.05, 0) is 82.0 Å². The van der Waals surface area contributed by atoms with E-state index in [-0.39, 0.29) is 5.91 Å². The Balaban J connectivity index is 1.90. The van der Waals surface area contributed by atoms with Gasteiger partial charge in [-0.2, -0.15) is 0 Å². The molecular formula is C36H42N2O2. The van der Waals surface area contributed by atoms with E-state index in [0.717, 1.165) is 44.3 Å². The van der Waals surface area contributed by atoms with Crippen LogP contribution in [0.5, 0.6) is 0 Å². The Morgan fingerprint density at radius 3 is 2.45 bits per heavy atom. The number of aromatic nitrogens is 1. The number of hydrogen-bond donors (Lipinski definition) is 2. The highest BCUT2D eigenvalue weighted by atomic mass is 16.3. The lowest BCUT2D eigenvalue weighted by molar-refractivity contribution is -0.118. The molecule has 0 aliphatic carbocycles. The van der Waals surface area contributed by atoms with Crippen LogP contribution in [0.15, 0.2) is 121 Å². The maximum Gasteiger partial charge on any atom is 0.252 e. The lowest BCUT2D eigenvalue weighted by atomic mass is 9.90. The Morgan fingerprint density at radius 1 is 1.05 bits per heavy atom. The molecular weight excluding hydrogens is 492 g/mol. The van der Waals surface area contributed by atoms with Gasteiger partial charge in [0, 0.05) is 28.3 Å². The van der Waals surface area contributed by atoms with Crippen molar-refractivity contribution in [3.63, 3.8) is 0 Å². The third kappa shape index (κ3) is 8.00. The Morgan fingerprint density at radius 2 is 1.75 bits per heavy atom. The molecule has 1 unspecified atom stereocenters. The molecule has 0 aliphatic heterocycles. The molecule has 0 bridgehead atoms. The van der Waals surface area contributed by atoms with E-state index in [2.05, 4.69) is 42.7 Å². The molecule has 3 rings (SSSR count). The van der Waals surface area contributed by atoms with Crippen molar-refractivity contribution in [2.75, 3.05) is 0 Å². The molecule has 4 heteroatoms. The molecule has 208 valence electrons. The van der Waals surface area contributed by atoms with E-state index in [4.69, 9.17) is 4.98 Å². The fourth-order valence-corrected chi connectivity index (χ4v) is 4.76. The first kappa shape index (κ1) is 30.5. The maximum atomic E-state index is 13.5. The molecule has 0 radical (unpaired) electrons. The van der Waals surface area contributed by atoms with Crippen LogP contribution in [0.4, 0.5) is 0 Å². The van der Waals surface area contributed by atoms with Gasteiger partial charge in [0.05, 0.1) is 11.8 Å². The van der Waals surface area contributed by atoms with Gasteiger partial charge in [0.15, 0.2) is 0 Å². The number of carbonyl (C=O) groups is 1. The topological polar surface area (TPSA) is 62.2 Å². The molecule has 0 saturated heterocycles. The number of hydrogen-bond acceptors (Lipinski definition) is 3. The number of aliphatic hydroxyl groups excluding tert-OH is 1. The minimum absolute atomic E-state index is 0.142. The van der Waals surface area contributed by atoms with Gasteiger partial charge in [0.25, 0.3) is 5.91 Å². The normalized spacial score (nSPS) is 13.9. The lowest BCUT2D eigenvalue weighted by Crippen LogP contribution is -2.42. The smallest absolute Gasteiger partial charge is 0.252 e. The van der Waals surface area contributed by atoms with Gasteiger partial charge >= 0.3 is 0 Å². The van der Waals surface area contributed by atoms with Gasteiger partial charge in [-0.15, -0.1) is 0 Å². The highest BCUT2D eigenvalue weighted by molar-refractivity contribution is 6.00. The summed E-state index contributed by atoms with van der Waals surface area (Å²) in [4.78, 5) is 18.2. The number of amides is 1. The van der Waals surface area contributed by atoms with Gasteiger partial charge in [-0.25, -0.2) is 0 Å². The quantitative estimate of drug-likeness (QED) is 0.193. The first-order valence-electron chi connectivity index (χ1n) is 13.8. The molecule has 40 heavy (non-hydrogen) atoms. The van der Waals surface area contributed by atoms with E-state index < -0.39 is 11.6 Å². The van der Waals surface area contributed by atoms with Crippen molar-refractivity contribution in [1.29, 1.82) is 0 Å². The number of rotatable bonds is 11. The summed E-state index contributed by atoms with van der Waals surface area (Å²) in [6, 6.07) is 18.4. The maximum absolute atomic E-state index is 13.5. The number of allylic oxidation sites excluding steroid dienone is 6. The van der Waals surface area contributed by atoms with Crippen molar-refractivity contribution in [2.45, 2.75) is 65.5 Å². The van der Waals surface area contributed by atoms with E-state index in [1.807, 2.05) is 83.3 Å². The molecule has 1 heterocycles. The third-order valence-electron chi connectivity index (χ3n) is 6.80. The summed E-state index contributed by atoms with van der Waals surface area (Å²) < 4.78 is 0. The number of carbonyl (C=O) groups excluding carboxylic acids is 1. The Labute approximate surface area is 239 Å². The Bertz CT molecular complexity index is 1460. The van der Waals surface area contributed by atoms with E-state index in [0.29, 0.717) is 24.8 Å². The fourth-order valence-electron chi connectivity index (χ4n) is 4.76. The number of aliphatic hydroxyl groups is 1. The summed E-state index contributed by atoms with van der Waals surface area (Å²) >= 11 is 0. The van der Waals surface area contributed by atoms with Gasteiger partial charge in [0.1, 0.15) is 0 Å². The van der Waals surface area contributed by atoms with Crippen LogP contribution < -0.4 is 5.32 Å². The summed E-state index contributed by atoms with van der Waals surface area (Å²) in [5.41, 5.74) is 5.82. The number of pyridine rings is 1. The predicted octanol–water partition coefficient (Wildman–Crippen LogP) is 8.06. The highest BCUT2D eigenvalue weighted by Gasteiger charge is 2.23. The van der Waals surface area contributed by atoms with Crippen molar-refractivity contribution in [3.8, 4) is 11.3 Å². The zero-order valence-electron chi connectivity index (χ0n) is 24.5. The molecule has 0 spiro atoms.